The molecule has 1 rings (SSSR count). The Morgan fingerprint density at radius 2 is 2.45 bits per heavy atom. The van der Waals surface area contributed by atoms with E-state index >= 15 is 0 Å². The molecule has 0 spiro atoms. The van der Waals surface area contributed by atoms with Gasteiger partial charge in [0, 0.05) is 12.5 Å². The maximum atomic E-state index is 12.9. The number of hydrogen-bond acceptors (Lipinski definition) is 2. The second-order valence-corrected chi connectivity index (χ2v) is 2.87. The Hall–Kier alpha value is -0.640. The molecule has 2 N–H and O–H groups in total. The lowest BCUT2D eigenvalue weighted by molar-refractivity contribution is -0.138. The summed E-state index contributed by atoms with van der Waals surface area (Å²) >= 11 is 0. The van der Waals surface area contributed by atoms with E-state index < -0.39 is 12.1 Å². The first-order valence-corrected chi connectivity index (χ1v) is 3.76. The Morgan fingerprint density at radius 1 is 1.73 bits per heavy atom. The van der Waals surface area contributed by atoms with Crippen LogP contribution in [0.25, 0.3) is 0 Å². The zero-order valence-electron chi connectivity index (χ0n) is 6.22. The minimum atomic E-state index is -0.986. The molecule has 2 unspecified atom stereocenters. The van der Waals surface area contributed by atoms with Crippen molar-refractivity contribution >= 4 is 5.97 Å². The largest absolute Gasteiger partial charge is 0.481 e. The van der Waals surface area contributed by atoms with E-state index in [1.54, 1.807) is 0 Å². The third-order valence-electron chi connectivity index (χ3n) is 1.98. The summed E-state index contributed by atoms with van der Waals surface area (Å²) in [5.74, 6) is -1.19. The van der Waals surface area contributed by atoms with Gasteiger partial charge in [0.15, 0.2) is 0 Å². The van der Waals surface area contributed by atoms with Crippen LogP contribution in [0.3, 0.4) is 0 Å². The highest BCUT2D eigenvalue weighted by molar-refractivity contribution is 5.67. The van der Waals surface area contributed by atoms with Gasteiger partial charge in [0.1, 0.15) is 6.17 Å². The average molecular weight is 161 g/mol. The Kier molecular flexibility index (Phi) is 2.82. The summed E-state index contributed by atoms with van der Waals surface area (Å²) in [4.78, 5) is 10.2. The highest BCUT2D eigenvalue weighted by atomic mass is 19.1. The third-order valence-corrected chi connectivity index (χ3v) is 1.98. The lowest BCUT2D eigenvalue weighted by Crippen LogP contribution is -2.38. The molecule has 0 saturated carbocycles. The fourth-order valence-corrected chi connectivity index (χ4v) is 1.33. The third kappa shape index (κ3) is 2.46. The van der Waals surface area contributed by atoms with Crippen LogP contribution in [0.4, 0.5) is 4.39 Å². The van der Waals surface area contributed by atoms with Crippen molar-refractivity contribution in [2.24, 2.45) is 5.92 Å². The summed E-state index contributed by atoms with van der Waals surface area (Å²) in [6.45, 7) is 1.04. The topological polar surface area (TPSA) is 49.3 Å². The van der Waals surface area contributed by atoms with E-state index in [9.17, 15) is 9.18 Å². The van der Waals surface area contributed by atoms with Crippen LogP contribution >= 0.6 is 0 Å². The number of piperidine rings is 1. The van der Waals surface area contributed by atoms with Crippen molar-refractivity contribution in [3.05, 3.63) is 0 Å². The van der Waals surface area contributed by atoms with Crippen molar-refractivity contribution in [2.45, 2.75) is 19.0 Å². The van der Waals surface area contributed by atoms with Crippen LogP contribution in [-0.2, 0) is 4.79 Å². The van der Waals surface area contributed by atoms with Crippen molar-refractivity contribution in [1.82, 2.24) is 5.32 Å². The normalized spacial score (nSPS) is 31.7. The molecule has 11 heavy (non-hydrogen) atoms. The van der Waals surface area contributed by atoms with Crippen molar-refractivity contribution in [2.75, 3.05) is 13.1 Å². The molecule has 1 fully saturated rings. The zero-order chi connectivity index (χ0) is 8.27. The molecule has 3 nitrogen and oxygen atoms in total. The van der Waals surface area contributed by atoms with Gasteiger partial charge in [-0.3, -0.25) is 4.79 Å². The van der Waals surface area contributed by atoms with E-state index in [2.05, 4.69) is 5.32 Å². The molecular weight excluding hydrogens is 149 g/mol. The maximum Gasteiger partial charge on any atom is 0.303 e. The Morgan fingerprint density at radius 3 is 3.00 bits per heavy atom. The van der Waals surface area contributed by atoms with Crippen molar-refractivity contribution in [3.8, 4) is 0 Å². The second-order valence-electron chi connectivity index (χ2n) is 2.87. The lowest BCUT2D eigenvalue weighted by Gasteiger charge is -2.24. The Balaban J connectivity index is 2.35. The molecule has 0 aromatic rings. The molecular formula is C7H12FNO2. The number of alkyl halides is 1. The van der Waals surface area contributed by atoms with E-state index in [0.717, 1.165) is 6.54 Å². The lowest BCUT2D eigenvalue weighted by atomic mass is 9.93. The first-order valence-electron chi connectivity index (χ1n) is 3.76. The molecule has 1 saturated heterocycles. The standard InChI is InChI=1S/C7H12FNO2/c8-6-4-9-2-1-5(6)3-7(10)11/h5-6,9H,1-4H2,(H,10,11). The quantitative estimate of drug-likeness (QED) is 0.616. The van der Waals surface area contributed by atoms with Gasteiger partial charge >= 0.3 is 5.97 Å². The average Bonchev–Trinajstić information content (AvgIpc) is 1.93. The van der Waals surface area contributed by atoms with Crippen LogP contribution in [0.2, 0.25) is 0 Å². The summed E-state index contributed by atoms with van der Waals surface area (Å²) in [5.41, 5.74) is 0. The first kappa shape index (κ1) is 8.46. The molecule has 0 amide bonds. The molecule has 0 aromatic carbocycles. The van der Waals surface area contributed by atoms with Gasteiger partial charge in [-0.1, -0.05) is 0 Å². The molecule has 4 heteroatoms. The molecule has 0 radical (unpaired) electrons. The number of rotatable bonds is 2. The van der Waals surface area contributed by atoms with Crippen LogP contribution in [-0.4, -0.2) is 30.3 Å². The van der Waals surface area contributed by atoms with Crippen molar-refractivity contribution in [1.29, 1.82) is 0 Å². The first-order chi connectivity index (χ1) is 5.20. The molecule has 0 aliphatic carbocycles. The van der Waals surface area contributed by atoms with Gasteiger partial charge in [-0.15, -0.1) is 0 Å². The Labute approximate surface area is 64.6 Å². The van der Waals surface area contributed by atoms with Gasteiger partial charge in [0.2, 0.25) is 0 Å². The fraction of sp³-hybridized carbons (Fsp3) is 0.857. The van der Waals surface area contributed by atoms with Gasteiger partial charge in [-0.2, -0.15) is 0 Å². The van der Waals surface area contributed by atoms with E-state index in [4.69, 9.17) is 5.11 Å². The van der Waals surface area contributed by atoms with Crippen LogP contribution in [0.5, 0.6) is 0 Å². The minimum Gasteiger partial charge on any atom is -0.481 e. The van der Waals surface area contributed by atoms with E-state index in [1.165, 1.54) is 0 Å². The number of nitrogens with one attached hydrogen (secondary N) is 1. The van der Waals surface area contributed by atoms with E-state index in [1.807, 2.05) is 0 Å². The molecule has 64 valence electrons. The van der Waals surface area contributed by atoms with E-state index in [-0.39, 0.29) is 12.3 Å². The summed E-state index contributed by atoms with van der Waals surface area (Å²) in [7, 11) is 0. The van der Waals surface area contributed by atoms with Crippen molar-refractivity contribution < 1.29 is 14.3 Å². The summed E-state index contributed by atoms with van der Waals surface area (Å²) in [5, 5.41) is 11.3. The molecule has 1 heterocycles. The predicted molar refractivity (Wildman–Crippen MR) is 38.1 cm³/mol. The fourth-order valence-electron chi connectivity index (χ4n) is 1.33. The van der Waals surface area contributed by atoms with Crippen LogP contribution in [0.1, 0.15) is 12.8 Å². The molecule has 1 aliphatic heterocycles. The minimum absolute atomic E-state index is 0.0388. The highest BCUT2D eigenvalue weighted by Gasteiger charge is 2.26. The van der Waals surface area contributed by atoms with Crippen LogP contribution < -0.4 is 5.32 Å². The number of hydrogen-bond donors (Lipinski definition) is 2. The number of carbonyl (C=O) groups is 1. The van der Waals surface area contributed by atoms with E-state index in [0.29, 0.717) is 13.0 Å². The molecule has 2 atom stereocenters. The summed E-state index contributed by atoms with van der Waals surface area (Å²) in [6, 6.07) is 0. The highest BCUT2D eigenvalue weighted by Crippen LogP contribution is 2.18. The Bertz CT molecular complexity index is 151. The number of carboxylic acid groups (broad SMARTS) is 1. The van der Waals surface area contributed by atoms with Gasteiger partial charge in [-0.25, -0.2) is 4.39 Å². The van der Waals surface area contributed by atoms with Gasteiger partial charge in [0.25, 0.3) is 0 Å². The summed E-state index contributed by atoms with van der Waals surface area (Å²) in [6.07, 6.45) is -0.393. The number of carboxylic acids is 1. The van der Waals surface area contributed by atoms with Gasteiger partial charge in [-0.05, 0) is 13.0 Å². The molecule has 0 aromatic heterocycles. The molecule has 0 bridgehead atoms. The van der Waals surface area contributed by atoms with Gasteiger partial charge in [0.05, 0.1) is 6.42 Å². The van der Waals surface area contributed by atoms with Gasteiger partial charge < -0.3 is 10.4 Å². The number of halogens is 1. The van der Waals surface area contributed by atoms with Crippen molar-refractivity contribution in [3.63, 3.8) is 0 Å². The predicted octanol–water partition coefficient (Wildman–Crippen LogP) is 0.409. The smallest absolute Gasteiger partial charge is 0.303 e. The molecule has 1 aliphatic rings. The van der Waals surface area contributed by atoms with Crippen LogP contribution in [0, 0.1) is 5.92 Å². The zero-order valence-corrected chi connectivity index (χ0v) is 6.22. The van der Waals surface area contributed by atoms with Crippen LogP contribution in [0.15, 0.2) is 0 Å². The SMILES string of the molecule is O=C(O)CC1CCNCC1F. The number of aliphatic carboxylic acids is 1. The monoisotopic (exact) mass is 161 g/mol. The maximum absolute atomic E-state index is 12.9. The summed E-state index contributed by atoms with van der Waals surface area (Å²) < 4.78 is 12.9. The second kappa shape index (κ2) is 3.67.